The number of hydrogen-bond donors (Lipinski definition) is 0. The molecule has 0 radical (unpaired) electrons. The highest BCUT2D eigenvalue weighted by Crippen LogP contribution is 2.54. The topological polar surface area (TPSA) is 54.8 Å². The zero-order chi connectivity index (χ0) is 20.7. The number of halogens is 1. The standard InChI is InChI=1S/C23H18FN3O2S/c1-15-6-7-17(24)14-18(15)21-26-27(22(28)16-8-11-25-12-9-16)23(30-21)10-13-29-20-5-3-2-4-19(20)23/h2-9,11-12,14H,10,13H2,1H3. The Morgan fingerprint density at radius 3 is 2.80 bits per heavy atom. The van der Waals surface area contributed by atoms with Crippen LogP contribution < -0.4 is 4.74 Å². The lowest BCUT2D eigenvalue weighted by Gasteiger charge is -2.39. The number of thioether (sulfide) groups is 1. The van der Waals surface area contributed by atoms with Gasteiger partial charge < -0.3 is 4.74 Å². The number of carbonyl (C=O) groups excluding carboxylic acids is 1. The number of carbonyl (C=O) groups is 1. The Balaban J connectivity index is 1.68. The number of fused-ring (bicyclic) bond motifs is 2. The molecule has 0 bridgehead atoms. The molecule has 1 spiro atoms. The van der Waals surface area contributed by atoms with Crippen LogP contribution in [0.2, 0.25) is 0 Å². The Bertz CT molecular complexity index is 1170. The Kier molecular flexibility index (Phi) is 4.55. The van der Waals surface area contributed by atoms with Crippen molar-refractivity contribution in [2.75, 3.05) is 6.61 Å². The summed E-state index contributed by atoms with van der Waals surface area (Å²) >= 11 is 1.48. The van der Waals surface area contributed by atoms with Gasteiger partial charge in [-0.1, -0.05) is 36.0 Å². The van der Waals surface area contributed by atoms with Crippen molar-refractivity contribution in [2.45, 2.75) is 18.2 Å². The number of aromatic nitrogens is 1. The van der Waals surface area contributed by atoms with Crippen LogP contribution in [0.5, 0.6) is 5.75 Å². The molecule has 30 heavy (non-hydrogen) atoms. The second-order valence-corrected chi connectivity index (χ2v) is 8.46. The maximum Gasteiger partial charge on any atom is 0.275 e. The maximum absolute atomic E-state index is 14.0. The molecule has 2 aromatic carbocycles. The molecule has 3 heterocycles. The SMILES string of the molecule is Cc1ccc(F)cc1C1=NN(C(=O)c2ccncc2)C2(CCOc3ccccc32)S1. The van der Waals surface area contributed by atoms with Gasteiger partial charge in [0.25, 0.3) is 5.91 Å². The van der Waals surface area contributed by atoms with E-state index in [1.54, 1.807) is 30.6 Å². The van der Waals surface area contributed by atoms with Gasteiger partial charge in [-0.15, -0.1) is 0 Å². The van der Waals surface area contributed by atoms with E-state index < -0.39 is 4.87 Å². The Labute approximate surface area is 177 Å². The van der Waals surface area contributed by atoms with E-state index in [2.05, 4.69) is 4.98 Å². The second-order valence-electron chi connectivity index (χ2n) is 7.20. The third-order valence-electron chi connectivity index (χ3n) is 5.35. The molecule has 0 aliphatic carbocycles. The molecule has 0 fully saturated rings. The number of rotatable bonds is 2. The number of aryl methyl sites for hydroxylation is 1. The zero-order valence-corrected chi connectivity index (χ0v) is 17.0. The number of nitrogens with zero attached hydrogens (tertiary/aromatic N) is 3. The van der Waals surface area contributed by atoms with Gasteiger partial charge in [-0.3, -0.25) is 9.78 Å². The largest absolute Gasteiger partial charge is 0.493 e. The average Bonchev–Trinajstić information content (AvgIpc) is 3.15. The molecule has 2 aliphatic rings. The summed E-state index contributed by atoms with van der Waals surface area (Å²) in [6, 6.07) is 15.7. The van der Waals surface area contributed by atoms with Gasteiger partial charge in [0.05, 0.1) is 6.61 Å². The Hall–Kier alpha value is -3.19. The van der Waals surface area contributed by atoms with Crippen LogP contribution in [0.4, 0.5) is 4.39 Å². The predicted octanol–water partition coefficient (Wildman–Crippen LogP) is 4.72. The maximum atomic E-state index is 14.0. The first-order chi connectivity index (χ1) is 14.6. The summed E-state index contributed by atoms with van der Waals surface area (Å²) < 4.78 is 19.9. The van der Waals surface area contributed by atoms with E-state index in [1.807, 2.05) is 31.2 Å². The molecular weight excluding hydrogens is 401 g/mol. The van der Waals surface area contributed by atoms with E-state index in [1.165, 1.54) is 28.9 Å². The van der Waals surface area contributed by atoms with Crippen LogP contribution in [0.15, 0.2) is 72.1 Å². The molecule has 1 unspecified atom stereocenters. The average molecular weight is 419 g/mol. The fraction of sp³-hybridized carbons (Fsp3) is 0.174. The van der Waals surface area contributed by atoms with Crippen LogP contribution in [-0.2, 0) is 4.87 Å². The number of pyridine rings is 1. The Morgan fingerprint density at radius 2 is 1.97 bits per heavy atom. The molecule has 3 aromatic rings. The summed E-state index contributed by atoms with van der Waals surface area (Å²) in [7, 11) is 0. The fourth-order valence-corrected chi connectivity index (χ4v) is 5.28. The normalized spacial score (nSPS) is 19.9. The van der Waals surface area contributed by atoms with Crippen LogP contribution in [0.25, 0.3) is 0 Å². The fourth-order valence-electron chi connectivity index (χ4n) is 3.83. The molecule has 0 saturated carbocycles. The van der Waals surface area contributed by atoms with E-state index in [0.717, 1.165) is 16.9 Å². The number of hydrogen-bond acceptors (Lipinski definition) is 5. The van der Waals surface area contributed by atoms with Crippen LogP contribution in [-0.4, -0.2) is 27.6 Å². The molecule has 2 aliphatic heterocycles. The molecule has 7 heteroatoms. The number of amides is 1. The predicted molar refractivity (Wildman–Crippen MR) is 114 cm³/mol. The quantitative estimate of drug-likeness (QED) is 0.603. The number of hydrazone groups is 1. The molecule has 1 aromatic heterocycles. The summed E-state index contributed by atoms with van der Waals surface area (Å²) in [5.41, 5.74) is 2.97. The van der Waals surface area contributed by atoms with Gasteiger partial charge in [-0.05, 0) is 42.8 Å². The van der Waals surface area contributed by atoms with Gasteiger partial charge in [0.2, 0.25) is 0 Å². The van der Waals surface area contributed by atoms with Crippen molar-refractivity contribution in [1.82, 2.24) is 9.99 Å². The van der Waals surface area contributed by atoms with Gasteiger partial charge in [0.15, 0.2) is 0 Å². The summed E-state index contributed by atoms with van der Waals surface area (Å²) in [4.78, 5) is 16.8. The Morgan fingerprint density at radius 1 is 1.17 bits per heavy atom. The first kappa shape index (κ1) is 18.8. The highest BCUT2D eigenvalue weighted by Gasteiger charge is 2.51. The second kappa shape index (κ2) is 7.25. The number of para-hydroxylation sites is 1. The van der Waals surface area contributed by atoms with E-state index in [-0.39, 0.29) is 11.7 Å². The highest BCUT2D eigenvalue weighted by atomic mass is 32.2. The van der Waals surface area contributed by atoms with Crippen molar-refractivity contribution >= 4 is 22.7 Å². The minimum absolute atomic E-state index is 0.231. The van der Waals surface area contributed by atoms with Crippen LogP contribution in [0.1, 0.15) is 33.5 Å². The van der Waals surface area contributed by atoms with Crippen molar-refractivity contribution in [1.29, 1.82) is 0 Å². The van der Waals surface area contributed by atoms with E-state index in [0.29, 0.717) is 29.2 Å². The monoisotopic (exact) mass is 419 g/mol. The highest BCUT2D eigenvalue weighted by molar-refractivity contribution is 8.15. The van der Waals surface area contributed by atoms with Crippen molar-refractivity contribution in [3.05, 3.63) is 95.1 Å². The molecule has 1 atom stereocenters. The number of benzene rings is 2. The van der Waals surface area contributed by atoms with Crippen LogP contribution in [0.3, 0.4) is 0 Å². The third kappa shape index (κ3) is 2.97. The minimum Gasteiger partial charge on any atom is -0.493 e. The van der Waals surface area contributed by atoms with Gasteiger partial charge in [0, 0.05) is 35.5 Å². The lowest BCUT2D eigenvalue weighted by atomic mass is 9.98. The summed E-state index contributed by atoms with van der Waals surface area (Å²) in [6.07, 6.45) is 3.73. The van der Waals surface area contributed by atoms with Crippen LogP contribution in [0, 0.1) is 12.7 Å². The number of ether oxygens (including phenoxy) is 1. The molecule has 5 nitrogen and oxygen atoms in total. The van der Waals surface area contributed by atoms with Crippen LogP contribution >= 0.6 is 11.8 Å². The van der Waals surface area contributed by atoms with Gasteiger partial charge >= 0.3 is 0 Å². The van der Waals surface area contributed by atoms with E-state index >= 15 is 0 Å². The van der Waals surface area contributed by atoms with Gasteiger partial charge in [0.1, 0.15) is 21.5 Å². The van der Waals surface area contributed by atoms with Crippen molar-refractivity contribution in [3.8, 4) is 5.75 Å². The molecule has 5 rings (SSSR count). The van der Waals surface area contributed by atoms with Gasteiger partial charge in [-0.2, -0.15) is 5.10 Å². The molecular formula is C23H18FN3O2S. The lowest BCUT2D eigenvalue weighted by molar-refractivity contribution is 0.0585. The smallest absolute Gasteiger partial charge is 0.275 e. The van der Waals surface area contributed by atoms with E-state index in [4.69, 9.17) is 9.84 Å². The van der Waals surface area contributed by atoms with Crippen molar-refractivity contribution in [2.24, 2.45) is 5.10 Å². The van der Waals surface area contributed by atoms with Crippen molar-refractivity contribution in [3.63, 3.8) is 0 Å². The first-order valence-electron chi connectivity index (χ1n) is 9.59. The zero-order valence-electron chi connectivity index (χ0n) is 16.2. The third-order valence-corrected chi connectivity index (χ3v) is 6.78. The molecule has 1 amide bonds. The lowest BCUT2D eigenvalue weighted by Crippen LogP contribution is -2.44. The van der Waals surface area contributed by atoms with Crippen molar-refractivity contribution < 1.29 is 13.9 Å². The van der Waals surface area contributed by atoms with E-state index in [9.17, 15) is 9.18 Å². The van der Waals surface area contributed by atoms with Gasteiger partial charge in [-0.25, -0.2) is 9.40 Å². The minimum atomic E-state index is -0.761. The summed E-state index contributed by atoms with van der Waals surface area (Å²) in [5, 5.41) is 6.89. The first-order valence-corrected chi connectivity index (χ1v) is 10.4. The summed E-state index contributed by atoms with van der Waals surface area (Å²) in [5.74, 6) is 0.168. The summed E-state index contributed by atoms with van der Waals surface area (Å²) in [6.45, 7) is 2.37. The molecule has 0 N–H and O–H groups in total. The molecule has 150 valence electrons. The molecule has 0 saturated heterocycles.